The summed E-state index contributed by atoms with van der Waals surface area (Å²) in [4.78, 5) is 9.11. The van der Waals surface area contributed by atoms with Gasteiger partial charge in [-0.3, -0.25) is 0 Å². The second kappa shape index (κ2) is 7.56. The zero-order valence-corrected chi connectivity index (χ0v) is 12.1. The highest BCUT2D eigenvalue weighted by Gasteiger charge is 2.22. The lowest BCUT2D eigenvalue weighted by Crippen LogP contribution is -2.19. The van der Waals surface area contributed by atoms with Crippen molar-refractivity contribution < 1.29 is 4.74 Å². The molecule has 1 aliphatic carbocycles. The first-order valence-corrected chi connectivity index (χ1v) is 7.30. The first-order valence-electron chi connectivity index (χ1n) is 7.30. The number of ether oxygens (including phenoxy) is 1. The summed E-state index contributed by atoms with van der Waals surface area (Å²) in [6, 6.07) is 0. The van der Waals surface area contributed by atoms with Gasteiger partial charge < -0.3 is 10.1 Å². The summed E-state index contributed by atoms with van der Waals surface area (Å²) in [6.07, 6.45) is 9.08. The molecule has 1 fully saturated rings. The number of methoxy groups -OCH3 is 1. The van der Waals surface area contributed by atoms with Crippen LogP contribution in [0.4, 0.5) is 0 Å². The van der Waals surface area contributed by atoms with Gasteiger partial charge in [0, 0.05) is 44.1 Å². The zero-order valence-electron chi connectivity index (χ0n) is 12.1. The van der Waals surface area contributed by atoms with Gasteiger partial charge in [0.15, 0.2) is 0 Å². The molecule has 0 bridgehead atoms. The lowest BCUT2D eigenvalue weighted by Gasteiger charge is -2.25. The molecule has 0 amide bonds. The van der Waals surface area contributed by atoms with E-state index in [1.807, 2.05) is 12.4 Å². The minimum atomic E-state index is 0.569. The summed E-state index contributed by atoms with van der Waals surface area (Å²) in [6.45, 7) is 4.74. The van der Waals surface area contributed by atoms with Gasteiger partial charge in [-0.25, -0.2) is 9.97 Å². The molecule has 106 valence electrons. The first kappa shape index (κ1) is 14.4. The molecule has 4 nitrogen and oxygen atoms in total. The van der Waals surface area contributed by atoms with E-state index in [4.69, 9.17) is 4.74 Å². The minimum Gasteiger partial charge on any atom is -0.383 e. The van der Waals surface area contributed by atoms with Gasteiger partial charge in [0.25, 0.3) is 0 Å². The Morgan fingerprint density at radius 2 is 2.11 bits per heavy atom. The Hall–Kier alpha value is -1.00. The number of nitrogens with zero attached hydrogens (tertiary/aromatic N) is 2. The Balaban J connectivity index is 1.83. The Kier molecular flexibility index (Phi) is 5.73. The molecule has 2 unspecified atom stereocenters. The number of nitrogens with one attached hydrogen (secondary N) is 1. The van der Waals surface area contributed by atoms with E-state index in [2.05, 4.69) is 22.2 Å². The number of hydrogen-bond acceptors (Lipinski definition) is 4. The molecule has 0 saturated heterocycles. The maximum atomic E-state index is 4.99. The maximum Gasteiger partial charge on any atom is 0.131 e. The largest absolute Gasteiger partial charge is 0.383 e. The highest BCUT2D eigenvalue weighted by atomic mass is 16.5. The van der Waals surface area contributed by atoms with Gasteiger partial charge in [-0.1, -0.05) is 19.8 Å². The molecular weight excluding hydrogens is 238 g/mol. The molecule has 1 aromatic heterocycles. The average molecular weight is 263 g/mol. The predicted molar refractivity (Wildman–Crippen MR) is 76.0 cm³/mol. The first-order chi connectivity index (χ1) is 9.29. The third-order valence-corrected chi connectivity index (χ3v) is 3.84. The molecular formula is C15H25N3O. The van der Waals surface area contributed by atoms with Crippen LogP contribution < -0.4 is 5.32 Å². The molecule has 2 rings (SSSR count). The van der Waals surface area contributed by atoms with Crippen molar-refractivity contribution in [2.75, 3.05) is 20.3 Å². The highest BCUT2D eigenvalue weighted by molar-refractivity contribution is 5.08. The van der Waals surface area contributed by atoms with Gasteiger partial charge in [0.1, 0.15) is 5.82 Å². The average Bonchev–Trinajstić information content (AvgIpc) is 2.44. The molecule has 0 aromatic carbocycles. The molecule has 2 atom stereocenters. The van der Waals surface area contributed by atoms with Gasteiger partial charge in [-0.2, -0.15) is 0 Å². The van der Waals surface area contributed by atoms with Crippen LogP contribution in [0.5, 0.6) is 0 Å². The van der Waals surface area contributed by atoms with E-state index in [9.17, 15) is 0 Å². The van der Waals surface area contributed by atoms with Crippen LogP contribution in [-0.4, -0.2) is 30.2 Å². The van der Waals surface area contributed by atoms with E-state index in [0.29, 0.717) is 5.92 Å². The standard InChI is InChI=1S/C15H25N3O/c1-12-4-3-5-14(8-12)15-17-10-13(11-18-15)9-16-6-7-19-2/h10-12,14,16H,3-9H2,1-2H3. The van der Waals surface area contributed by atoms with Crippen molar-refractivity contribution in [2.45, 2.75) is 45.1 Å². The van der Waals surface area contributed by atoms with Gasteiger partial charge in [-0.05, 0) is 18.8 Å². The highest BCUT2D eigenvalue weighted by Crippen LogP contribution is 2.33. The zero-order chi connectivity index (χ0) is 13.5. The summed E-state index contributed by atoms with van der Waals surface area (Å²) in [5, 5.41) is 3.30. The van der Waals surface area contributed by atoms with Crippen LogP contribution in [0, 0.1) is 5.92 Å². The van der Waals surface area contributed by atoms with Crippen molar-refractivity contribution >= 4 is 0 Å². The van der Waals surface area contributed by atoms with Crippen LogP contribution in [0.15, 0.2) is 12.4 Å². The molecule has 0 aliphatic heterocycles. The fourth-order valence-corrected chi connectivity index (χ4v) is 2.74. The van der Waals surface area contributed by atoms with Crippen molar-refractivity contribution in [1.82, 2.24) is 15.3 Å². The topological polar surface area (TPSA) is 47.0 Å². The molecule has 1 N–H and O–H groups in total. The maximum absolute atomic E-state index is 4.99. The van der Waals surface area contributed by atoms with Crippen molar-refractivity contribution in [1.29, 1.82) is 0 Å². The number of rotatable bonds is 6. The van der Waals surface area contributed by atoms with Crippen LogP contribution in [0.25, 0.3) is 0 Å². The second-order valence-corrected chi connectivity index (χ2v) is 5.59. The van der Waals surface area contributed by atoms with E-state index in [1.165, 1.54) is 25.7 Å². The van der Waals surface area contributed by atoms with Crippen LogP contribution >= 0.6 is 0 Å². The molecule has 19 heavy (non-hydrogen) atoms. The lowest BCUT2D eigenvalue weighted by atomic mass is 9.82. The van der Waals surface area contributed by atoms with Gasteiger partial charge in [0.2, 0.25) is 0 Å². The molecule has 0 radical (unpaired) electrons. The Morgan fingerprint density at radius 3 is 2.79 bits per heavy atom. The summed E-state index contributed by atoms with van der Waals surface area (Å²) < 4.78 is 4.99. The van der Waals surface area contributed by atoms with Gasteiger partial charge in [-0.15, -0.1) is 0 Å². The summed E-state index contributed by atoms with van der Waals surface area (Å²) >= 11 is 0. The molecule has 4 heteroatoms. The van der Waals surface area contributed by atoms with Crippen LogP contribution in [-0.2, 0) is 11.3 Å². The number of hydrogen-bond donors (Lipinski definition) is 1. The fraction of sp³-hybridized carbons (Fsp3) is 0.733. The van der Waals surface area contributed by atoms with Crippen molar-refractivity contribution in [3.63, 3.8) is 0 Å². The third kappa shape index (κ3) is 4.55. The monoisotopic (exact) mass is 263 g/mol. The van der Waals surface area contributed by atoms with Crippen molar-refractivity contribution in [3.8, 4) is 0 Å². The van der Waals surface area contributed by atoms with E-state index in [-0.39, 0.29) is 0 Å². The van der Waals surface area contributed by atoms with E-state index in [0.717, 1.165) is 37.0 Å². The quantitative estimate of drug-likeness (QED) is 0.801. The predicted octanol–water partition coefficient (Wildman–Crippen LogP) is 2.51. The fourth-order valence-electron chi connectivity index (χ4n) is 2.74. The minimum absolute atomic E-state index is 0.569. The smallest absolute Gasteiger partial charge is 0.131 e. The second-order valence-electron chi connectivity index (χ2n) is 5.59. The molecule has 1 saturated carbocycles. The van der Waals surface area contributed by atoms with E-state index >= 15 is 0 Å². The van der Waals surface area contributed by atoms with Crippen LogP contribution in [0.1, 0.15) is 49.9 Å². The van der Waals surface area contributed by atoms with E-state index < -0.39 is 0 Å². The van der Waals surface area contributed by atoms with Crippen LogP contribution in [0.3, 0.4) is 0 Å². The third-order valence-electron chi connectivity index (χ3n) is 3.84. The van der Waals surface area contributed by atoms with Crippen molar-refractivity contribution in [2.24, 2.45) is 5.92 Å². The molecule has 1 aromatic rings. The molecule has 0 spiro atoms. The van der Waals surface area contributed by atoms with Crippen molar-refractivity contribution in [3.05, 3.63) is 23.8 Å². The lowest BCUT2D eigenvalue weighted by molar-refractivity contribution is 0.199. The van der Waals surface area contributed by atoms with Crippen LogP contribution in [0.2, 0.25) is 0 Å². The SMILES string of the molecule is COCCNCc1cnc(C2CCCC(C)C2)nc1. The van der Waals surface area contributed by atoms with Gasteiger partial charge in [0.05, 0.1) is 6.61 Å². The summed E-state index contributed by atoms with van der Waals surface area (Å²) in [5.41, 5.74) is 1.14. The Labute approximate surface area is 116 Å². The normalized spacial score (nSPS) is 23.5. The summed E-state index contributed by atoms with van der Waals surface area (Å²) in [5.74, 6) is 2.42. The Morgan fingerprint density at radius 1 is 1.32 bits per heavy atom. The summed E-state index contributed by atoms with van der Waals surface area (Å²) in [7, 11) is 1.71. The van der Waals surface area contributed by atoms with Gasteiger partial charge >= 0.3 is 0 Å². The molecule has 1 aliphatic rings. The molecule has 1 heterocycles. The Bertz CT molecular complexity index is 366. The van der Waals surface area contributed by atoms with E-state index in [1.54, 1.807) is 7.11 Å². The number of aromatic nitrogens is 2.